The molecule has 2 fully saturated rings. The van der Waals surface area contributed by atoms with E-state index in [2.05, 4.69) is 5.32 Å². The lowest BCUT2D eigenvalue weighted by molar-refractivity contribution is -0.116. The Bertz CT molecular complexity index is 612. The van der Waals surface area contributed by atoms with Gasteiger partial charge in [0.05, 0.1) is 21.9 Å². The number of nitrogens with one attached hydrogen (secondary N) is 1. The molecule has 124 valence electrons. The third-order valence-electron chi connectivity index (χ3n) is 4.96. The highest BCUT2D eigenvalue weighted by Gasteiger charge is 2.51. The van der Waals surface area contributed by atoms with Crippen molar-refractivity contribution in [3.8, 4) is 0 Å². The van der Waals surface area contributed by atoms with Crippen molar-refractivity contribution >= 4 is 35.8 Å². The van der Waals surface area contributed by atoms with Crippen molar-refractivity contribution < 1.29 is 14.1 Å². The molecule has 1 aliphatic heterocycles. The van der Waals surface area contributed by atoms with Crippen molar-refractivity contribution in [2.24, 2.45) is 5.92 Å². The molecule has 6 heteroatoms. The van der Waals surface area contributed by atoms with Gasteiger partial charge in [0.15, 0.2) is 0 Å². The van der Waals surface area contributed by atoms with Crippen LogP contribution in [0.5, 0.6) is 0 Å². The van der Waals surface area contributed by atoms with Crippen LogP contribution >= 0.6 is 11.6 Å². The molecule has 0 aromatic heterocycles. The Morgan fingerprint density at radius 1 is 1.26 bits per heavy atom. The first-order valence-corrected chi connectivity index (χ1v) is 8.51. The molecule has 1 N–H and O–H groups in total. The number of hydrogen-bond donors (Lipinski definition) is 1. The normalized spacial score (nSPS) is 22.2. The molecule has 23 heavy (non-hydrogen) atoms. The van der Waals surface area contributed by atoms with Gasteiger partial charge in [-0.15, -0.1) is 0 Å². The number of halogens is 1. The average Bonchev–Trinajstić information content (AvgIpc) is 3.19. The van der Waals surface area contributed by atoms with Crippen LogP contribution < -0.4 is 10.8 Å². The van der Waals surface area contributed by atoms with Crippen LogP contribution in [-0.2, 0) is 14.1 Å². The quantitative estimate of drug-likeness (QED) is 0.858. The lowest BCUT2D eigenvalue weighted by Gasteiger charge is -2.32. The minimum absolute atomic E-state index is 0.0143. The van der Waals surface area contributed by atoms with Gasteiger partial charge in [0, 0.05) is 6.42 Å². The third kappa shape index (κ3) is 3.57. The molecule has 2 aliphatic rings. The second kappa shape index (κ2) is 5.80. The van der Waals surface area contributed by atoms with Gasteiger partial charge in [-0.3, -0.25) is 4.79 Å². The Morgan fingerprint density at radius 3 is 2.43 bits per heavy atom. The van der Waals surface area contributed by atoms with E-state index >= 15 is 0 Å². The van der Waals surface area contributed by atoms with Gasteiger partial charge in [-0.25, -0.2) is 0 Å². The van der Waals surface area contributed by atoms with E-state index in [1.807, 2.05) is 39.8 Å². The molecule has 1 amide bonds. The zero-order valence-corrected chi connectivity index (χ0v) is 14.9. The highest BCUT2D eigenvalue weighted by atomic mass is 35.5. The van der Waals surface area contributed by atoms with Crippen LogP contribution in [0.3, 0.4) is 0 Å². The molecule has 1 saturated heterocycles. The molecule has 3 rings (SSSR count). The number of anilines is 1. The molecule has 4 nitrogen and oxygen atoms in total. The van der Waals surface area contributed by atoms with Crippen LogP contribution in [0.2, 0.25) is 5.02 Å². The lowest BCUT2D eigenvalue weighted by Crippen LogP contribution is -2.41. The number of carbonyl (C=O) groups excluding carboxylic acids is 1. The fourth-order valence-electron chi connectivity index (χ4n) is 2.55. The van der Waals surface area contributed by atoms with Gasteiger partial charge in [0.1, 0.15) is 0 Å². The molecule has 1 heterocycles. The number of benzene rings is 1. The Labute approximate surface area is 143 Å². The van der Waals surface area contributed by atoms with E-state index in [1.165, 1.54) is 0 Å². The highest BCUT2D eigenvalue weighted by Crippen LogP contribution is 2.37. The zero-order chi connectivity index (χ0) is 16.8. The van der Waals surface area contributed by atoms with Crippen LogP contribution in [0.4, 0.5) is 5.69 Å². The molecule has 1 saturated carbocycles. The highest BCUT2D eigenvalue weighted by molar-refractivity contribution is 6.62. The molecule has 1 aromatic rings. The monoisotopic (exact) mass is 335 g/mol. The second-order valence-corrected chi connectivity index (χ2v) is 7.93. The summed E-state index contributed by atoms with van der Waals surface area (Å²) in [5, 5.41) is 3.43. The van der Waals surface area contributed by atoms with Gasteiger partial charge >= 0.3 is 7.12 Å². The van der Waals surface area contributed by atoms with Gasteiger partial charge in [-0.1, -0.05) is 17.7 Å². The molecule has 1 aliphatic carbocycles. The zero-order valence-electron chi connectivity index (χ0n) is 14.1. The second-order valence-electron chi connectivity index (χ2n) is 7.52. The molecule has 0 unspecified atom stereocenters. The average molecular weight is 336 g/mol. The van der Waals surface area contributed by atoms with E-state index < -0.39 is 18.3 Å². The van der Waals surface area contributed by atoms with E-state index in [9.17, 15) is 4.79 Å². The first kappa shape index (κ1) is 16.8. The van der Waals surface area contributed by atoms with Crippen molar-refractivity contribution in [1.82, 2.24) is 0 Å². The topological polar surface area (TPSA) is 47.6 Å². The van der Waals surface area contributed by atoms with Crippen molar-refractivity contribution in [3.63, 3.8) is 0 Å². The van der Waals surface area contributed by atoms with Crippen LogP contribution in [0.15, 0.2) is 18.2 Å². The summed E-state index contributed by atoms with van der Waals surface area (Å²) in [6.07, 6.45) is 2.86. The Kier molecular flexibility index (Phi) is 4.24. The maximum absolute atomic E-state index is 12.0. The van der Waals surface area contributed by atoms with E-state index in [0.29, 0.717) is 23.0 Å². The summed E-state index contributed by atoms with van der Waals surface area (Å²) in [5.74, 6) is 0.556. The minimum atomic E-state index is -0.462. The largest absolute Gasteiger partial charge is 0.494 e. The minimum Gasteiger partial charge on any atom is -0.399 e. The fourth-order valence-corrected chi connectivity index (χ4v) is 2.71. The summed E-state index contributed by atoms with van der Waals surface area (Å²) >= 11 is 6.21. The van der Waals surface area contributed by atoms with Crippen molar-refractivity contribution in [1.29, 1.82) is 0 Å². The number of hydrogen-bond acceptors (Lipinski definition) is 3. The molecular weight excluding hydrogens is 312 g/mol. The molecule has 0 bridgehead atoms. The Hall–Kier alpha value is -1.04. The molecule has 0 atom stereocenters. The Morgan fingerprint density at radius 2 is 1.87 bits per heavy atom. The third-order valence-corrected chi connectivity index (χ3v) is 5.29. The summed E-state index contributed by atoms with van der Waals surface area (Å²) in [6.45, 7) is 8.06. The standard InChI is InChI=1S/C17H23BClNO3/c1-16(2)17(3,4)23-18(22-16)12-7-8-13(19)14(10-12)20-15(21)9-11-5-6-11/h7-8,10-11H,5-6,9H2,1-4H3,(H,20,21). The summed E-state index contributed by atoms with van der Waals surface area (Å²) in [7, 11) is -0.462. The molecule has 1 aromatic carbocycles. The number of amides is 1. The van der Waals surface area contributed by atoms with Crippen LogP contribution in [-0.4, -0.2) is 24.2 Å². The molecule has 0 spiro atoms. The van der Waals surface area contributed by atoms with Gasteiger partial charge in [0.2, 0.25) is 5.91 Å². The van der Waals surface area contributed by atoms with Crippen molar-refractivity contribution in [2.75, 3.05) is 5.32 Å². The maximum Gasteiger partial charge on any atom is 0.494 e. The first-order chi connectivity index (χ1) is 10.7. The number of carbonyl (C=O) groups is 1. The van der Waals surface area contributed by atoms with E-state index in [1.54, 1.807) is 6.07 Å². The summed E-state index contributed by atoms with van der Waals surface area (Å²) < 4.78 is 12.1. The maximum atomic E-state index is 12.0. The smallest absolute Gasteiger partial charge is 0.399 e. The van der Waals surface area contributed by atoms with Gasteiger partial charge in [-0.2, -0.15) is 0 Å². The lowest BCUT2D eigenvalue weighted by atomic mass is 9.79. The SMILES string of the molecule is CC1(C)OB(c2ccc(Cl)c(NC(=O)CC3CC3)c2)OC1(C)C. The van der Waals surface area contributed by atoms with Crippen molar-refractivity contribution in [3.05, 3.63) is 23.2 Å². The van der Waals surface area contributed by atoms with E-state index in [0.717, 1.165) is 18.3 Å². The number of rotatable bonds is 4. The van der Waals surface area contributed by atoms with Crippen LogP contribution in [0.1, 0.15) is 47.0 Å². The van der Waals surface area contributed by atoms with Crippen LogP contribution in [0.25, 0.3) is 0 Å². The van der Waals surface area contributed by atoms with Crippen molar-refractivity contribution in [2.45, 2.75) is 58.2 Å². The Balaban J connectivity index is 1.76. The predicted octanol–water partition coefficient (Wildman–Crippen LogP) is 3.38. The van der Waals surface area contributed by atoms with E-state index in [4.69, 9.17) is 20.9 Å². The summed E-state index contributed by atoms with van der Waals surface area (Å²) in [5.41, 5.74) is 0.679. The predicted molar refractivity (Wildman–Crippen MR) is 93.1 cm³/mol. The fraction of sp³-hybridized carbons (Fsp3) is 0.588. The van der Waals surface area contributed by atoms with Gasteiger partial charge in [-0.05, 0) is 64.1 Å². The summed E-state index contributed by atoms with van der Waals surface area (Å²) in [4.78, 5) is 12.0. The molecular formula is C17H23BClNO3. The molecule has 0 radical (unpaired) electrons. The van der Waals surface area contributed by atoms with Gasteiger partial charge in [0.25, 0.3) is 0 Å². The van der Waals surface area contributed by atoms with Crippen LogP contribution in [0, 0.1) is 5.92 Å². The van der Waals surface area contributed by atoms with Gasteiger partial charge < -0.3 is 14.6 Å². The summed E-state index contributed by atoms with van der Waals surface area (Å²) in [6, 6.07) is 5.49. The first-order valence-electron chi connectivity index (χ1n) is 8.13. The van der Waals surface area contributed by atoms with E-state index in [-0.39, 0.29) is 5.91 Å².